The van der Waals surface area contributed by atoms with Crippen LogP contribution in [0.25, 0.3) is 22.2 Å². The lowest BCUT2D eigenvalue weighted by Gasteiger charge is -2.30. The number of aromatic nitrogens is 3. The quantitative estimate of drug-likeness (QED) is 0.443. The monoisotopic (exact) mass is 452 g/mol. The highest BCUT2D eigenvalue weighted by Gasteiger charge is 2.30. The Hall–Kier alpha value is -3.13. The molecule has 4 heterocycles. The van der Waals surface area contributed by atoms with E-state index in [-0.39, 0.29) is 29.9 Å². The van der Waals surface area contributed by atoms with Crippen LogP contribution in [0.1, 0.15) is 38.5 Å². The molecule has 4 N–H and O–H groups in total. The van der Waals surface area contributed by atoms with Crippen LogP contribution in [0.15, 0.2) is 36.7 Å². The van der Waals surface area contributed by atoms with Crippen LogP contribution in [0.2, 0.25) is 5.15 Å². The van der Waals surface area contributed by atoms with Crippen molar-refractivity contribution in [1.82, 2.24) is 25.6 Å². The minimum absolute atomic E-state index is 0.0460. The van der Waals surface area contributed by atoms with Crippen molar-refractivity contribution in [3.63, 3.8) is 0 Å². The number of nitrogens with zero attached hydrogens (tertiary/aromatic N) is 2. The van der Waals surface area contributed by atoms with Crippen molar-refractivity contribution in [3.05, 3.63) is 41.8 Å². The number of halogens is 1. The van der Waals surface area contributed by atoms with Gasteiger partial charge < -0.3 is 20.9 Å². The predicted molar refractivity (Wildman–Crippen MR) is 123 cm³/mol. The second-order valence-electron chi connectivity index (χ2n) is 8.53. The second kappa shape index (κ2) is 8.78. The summed E-state index contributed by atoms with van der Waals surface area (Å²) in [4.78, 5) is 35.7. The van der Waals surface area contributed by atoms with Crippen molar-refractivity contribution in [3.8, 4) is 11.1 Å². The molecular formula is C23H25ClN6O2. The first-order chi connectivity index (χ1) is 15.5. The third kappa shape index (κ3) is 4.41. The summed E-state index contributed by atoms with van der Waals surface area (Å²) in [5.74, 6) is 0.629. The van der Waals surface area contributed by atoms with E-state index in [9.17, 15) is 9.59 Å². The van der Waals surface area contributed by atoms with Crippen LogP contribution >= 0.6 is 11.6 Å². The molecule has 1 atom stereocenters. The Kier molecular flexibility index (Phi) is 5.70. The fourth-order valence-corrected chi connectivity index (χ4v) is 4.83. The predicted octanol–water partition coefficient (Wildman–Crippen LogP) is 3.40. The molecule has 8 nitrogen and oxygen atoms in total. The van der Waals surface area contributed by atoms with Crippen molar-refractivity contribution in [2.75, 3.05) is 5.32 Å². The third-order valence-corrected chi connectivity index (χ3v) is 6.49. The topological polar surface area (TPSA) is 112 Å². The second-order valence-corrected chi connectivity index (χ2v) is 8.91. The number of amides is 2. The number of fused-ring (bicyclic) bond motifs is 1. The van der Waals surface area contributed by atoms with Gasteiger partial charge >= 0.3 is 0 Å². The fourth-order valence-electron chi connectivity index (χ4n) is 4.62. The van der Waals surface area contributed by atoms with Crippen LogP contribution < -0.4 is 16.0 Å². The molecule has 1 aliphatic carbocycles. The average Bonchev–Trinajstić information content (AvgIpc) is 3.41. The minimum Gasteiger partial charge on any atom is -0.367 e. The van der Waals surface area contributed by atoms with Crippen LogP contribution in [0.4, 0.5) is 5.82 Å². The molecule has 5 rings (SSSR count). The molecule has 0 spiro atoms. The number of anilines is 1. The van der Waals surface area contributed by atoms with E-state index < -0.39 is 0 Å². The Morgan fingerprint density at radius 1 is 1.12 bits per heavy atom. The lowest BCUT2D eigenvalue weighted by atomic mass is 9.91. The van der Waals surface area contributed by atoms with Crippen molar-refractivity contribution in [1.29, 1.82) is 0 Å². The highest BCUT2D eigenvalue weighted by Crippen LogP contribution is 2.31. The summed E-state index contributed by atoms with van der Waals surface area (Å²) in [6, 6.07) is 7.83. The highest BCUT2D eigenvalue weighted by molar-refractivity contribution is 6.29. The number of pyridine rings is 2. The first-order valence-electron chi connectivity index (χ1n) is 11.0. The molecule has 1 saturated heterocycles. The van der Waals surface area contributed by atoms with E-state index >= 15 is 0 Å². The van der Waals surface area contributed by atoms with E-state index in [4.69, 9.17) is 11.6 Å². The maximum absolute atomic E-state index is 12.3. The summed E-state index contributed by atoms with van der Waals surface area (Å²) in [6.07, 6.45) is 8.31. The van der Waals surface area contributed by atoms with Gasteiger partial charge in [-0.2, -0.15) is 0 Å². The lowest BCUT2D eigenvalue weighted by molar-refractivity contribution is -0.126. The van der Waals surface area contributed by atoms with Gasteiger partial charge in [0.25, 0.3) is 0 Å². The fraction of sp³-hybridized carbons (Fsp3) is 0.391. The largest absolute Gasteiger partial charge is 0.367 e. The van der Waals surface area contributed by atoms with Crippen molar-refractivity contribution >= 4 is 40.3 Å². The number of aromatic amines is 1. The van der Waals surface area contributed by atoms with E-state index in [0.717, 1.165) is 53.7 Å². The van der Waals surface area contributed by atoms with E-state index in [1.165, 1.54) is 0 Å². The summed E-state index contributed by atoms with van der Waals surface area (Å²) in [5, 5.41) is 10.8. The Morgan fingerprint density at radius 3 is 2.72 bits per heavy atom. The first-order valence-corrected chi connectivity index (χ1v) is 11.4. The van der Waals surface area contributed by atoms with Gasteiger partial charge in [-0.3, -0.25) is 9.59 Å². The van der Waals surface area contributed by atoms with Gasteiger partial charge in [0.05, 0.1) is 0 Å². The number of nitrogens with one attached hydrogen (secondary N) is 4. The molecule has 2 aliphatic rings. The van der Waals surface area contributed by atoms with E-state index in [2.05, 4.69) is 30.9 Å². The highest BCUT2D eigenvalue weighted by atomic mass is 35.5. The number of carbonyl (C=O) groups excluding carboxylic acids is 2. The molecule has 32 heavy (non-hydrogen) atoms. The van der Waals surface area contributed by atoms with Gasteiger partial charge in [-0.05, 0) is 61.9 Å². The van der Waals surface area contributed by atoms with E-state index in [0.29, 0.717) is 18.0 Å². The van der Waals surface area contributed by atoms with E-state index in [1.807, 2.05) is 30.5 Å². The normalized spacial score (nSPS) is 23.2. The molecule has 9 heteroatoms. The molecule has 1 saturated carbocycles. The molecule has 2 fully saturated rings. The van der Waals surface area contributed by atoms with Crippen LogP contribution in [0.5, 0.6) is 0 Å². The molecule has 1 aliphatic heterocycles. The molecule has 2 amide bonds. The van der Waals surface area contributed by atoms with Gasteiger partial charge in [-0.1, -0.05) is 11.6 Å². The smallest absolute Gasteiger partial charge is 0.242 e. The number of carbonyl (C=O) groups is 2. The Balaban J connectivity index is 1.21. The molecule has 0 aromatic carbocycles. The number of rotatable bonds is 5. The summed E-state index contributed by atoms with van der Waals surface area (Å²) in [7, 11) is 0. The number of hydrogen-bond donors (Lipinski definition) is 4. The molecule has 3 aromatic heterocycles. The minimum atomic E-state index is -0.382. The Bertz CT molecular complexity index is 1150. The van der Waals surface area contributed by atoms with Gasteiger partial charge in [-0.25, -0.2) is 9.97 Å². The van der Waals surface area contributed by atoms with Gasteiger partial charge in [0.1, 0.15) is 22.7 Å². The molecule has 0 unspecified atom stereocenters. The molecular weight excluding hydrogens is 428 g/mol. The standard InChI is InChI=1S/C23H25ClN6O2/c24-19-10-13(17-12-26-22-16(17)2-1-9-25-22)11-20(30-19)27-14-3-5-15(6-4-14)28-23(32)18-7-8-21(31)29-18/h1-2,9-12,14-15,18H,3-8H2,(H,25,26)(H,27,30)(H,28,32)(H,29,31)/t14?,15?,18-/m1/s1. The SMILES string of the molecule is O=C1CC[C@H](C(=O)NC2CCC(Nc3cc(-c4c[nH]c5ncccc45)cc(Cl)n3)CC2)N1. The average molecular weight is 453 g/mol. The molecule has 3 aromatic rings. The summed E-state index contributed by atoms with van der Waals surface area (Å²) in [6.45, 7) is 0. The van der Waals surface area contributed by atoms with Crippen molar-refractivity contribution < 1.29 is 9.59 Å². The van der Waals surface area contributed by atoms with Crippen LogP contribution in [0, 0.1) is 0 Å². The summed E-state index contributed by atoms with van der Waals surface area (Å²) in [5.41, 5.74) is 2.85. The molecule has 0 radical (unpaired) electrons. The molecule has 166 valence electrons. The van der Waals surface area contributed by atoms with Gasteiger partial charge in [0, 0.05) is 41.8 Å². The van der Waals surface area contributed by atoms with E-state index in [1.54, 1.807) is 6.20 Å². The van der Waals surface area contributed by atoms with Crippen LogP contribution in [-0.4, -0.2) is 44.9 Å². The summed E-state index contributed by atoms with van der Waals surface area (Å²) < 4.78 is 0. The van der Waals surface area contributed by atoms with Gasteiger partial charge in [-0.15, -0.1) is 0 Å². The zero-order valence-corrected chi connectivity index (χ0v) is 18.3. The van der Waals surface area contributed by atoms with Crippen molar-refractivity contribution in [2.45, 2.75) is 56.7 Å². The summed E-state index contributed by atoms with van der Waals surface area (Å²) >= 11 is 6.33. The number of hydrogen-bond acceptors (Lipinski definition) is 5. The van der Waals surface area contributed by atoms with Gasteiger partial charge in [0.15, 0.2) is 0 Å². The first kappa shape index (κ1) is 20.8. The lowest BCUT2D eigenvalue weighted by Crippen LogP contribution is -2.47. The van der Waals surface area contributed by atoms with Crippen LogP contribution in [-0.2, 0) is 9.59 Å². The zero-order valence-electron chi connectivity index (χ0n) is 17.5. The maximum atomic E-state index is 12.3. The third-order valence-electron chi connectivity index (χ3n) is 6.29. The Morgan fingerprint density at radius 2 is 1.94 bits per heavy atom. The maximum Gasteiger partial charge on any atom is 0.242 e. The van der Waals surface area contributed by atoms with Crippen LogP contribution in [0.3, 0.4) is 0 Å². The molecule has 0 bridgehead atoms. The van der Waals surface area contributed by atoms with Crippen molar-refractivity contribution in [2.24, 2.45) is 0 Å². The van der Waals surface area contributed by atoms with Gasteiger partial charge in [0.2, 0.25) is 11.8 Å². The number of H-pyrrole nitrogens is 1. The Labute approximate surface area is 190 Å². The zero-order chi connectivity index (χ0) is 22.1.